The first-order valence-corrected chi connectivity index (χ1v) is 8.54. The molecule has 0 bridgehead atoms. The van der Waals surface area contributed by atoms with Gasteiger partial charge >= 0.3 is 0 Å². The maximum Gasteiger partial charge on any atom is 0.224 e. The molecule has 0 fully saturated rings. The average Bonchev–Trinajstić information content (AvgIpc) is 2.57. The van der Waals surface area contributed by atoms with E-state index in [9.17, 15) is 9.18 Å². The number of amides is 1. The molecule has 0 spiro atoms. The number of halogens is 2. The molecule has 3 N–H and O–H groups in total. The number of hydrogen-bond acceptors (Lipinski definition) is 2. The first-order valence-electron chi connectivity index (χ1n) is 8.54. The molecule has 0 aliphatic heterocycles. The fourth-order valence-electron chi connectivity index (χ4n) is 2.32. The van der Waals surface area contributed by atoms with E-state index < -0.39 is 0 Å². The fraction of sp³-hybridized carbons (Fsp3) is 0.556. The standard InChI is InChI=1S/C18H29FN4O.HI/c1-4-14(5-2)13-23-18(20-3)22-10-9-21-17(24)12-15-7-6-8-16(19)11-15;/h6-8,11,14H,4-5,9-10,12-13H2,1-3H3,(H,21,24)(H2,20,22,23);1H. The molecule has 1 aromatic carbocycles. The van der Waals surface area contributed by atoms with E-state index in [1.54, 1.807) is 19.2 Å². The molecule has 142 valence electrons. The largest absolute Gasteiger partial charge is 0.356 e. The molecule has 0 saturated carbocycles. The highest BCUT2D eigenvalue weighted by Crippen LogP contribution is 2.05. The van der Waals surface area contributed by atoms with Gasteiger partial charge in [0.15, 0.2) is 5.96 Å². The van der Waals surface area contributed by atoms with Gasteiger partial charge in [-0.15, -0.1) is 24.0 Å². The Morgan fingerprint density at radius 3 is 2.44 bits per heavy atom. The summed E-state index contributed by atoms with van der Waals surface area (Å²) in [5.74, 6) is 0.924. The van der Waals surface area contributed by atoms with Gasteiger partial charge in [-0.1, -0.05) is 38.8 Å². The second-order valence-electron chi connectivity index (χ2n) is 5.72. The molecular formula is C18H30FIN4O. The number of nitrogens with zero attached hydrogens (tertiary/aromatic N) is 1. The van der Waals surface area contributed by atoms with Crippen molar-refractivity contribution in [3.63, 3.8) is 0 Å². The van der Waals surface area contributed by atoms with Gasteiger partial charge in [0.1, 0.15) is 5.82 Å². The van der Waals surface area contributed by atoms with Crippen LogP contribution in [0.5, 0.6) is 0 Å². The van der Waals surface area contributed by atoms with Gasteiger partial charge in [-0.25, -0.2) is 4.39 Å². The predicted octanol–water partition coefficient (Wildman–Crippen LogP) is 2.70. The minimum Gasteiger partial charge on any atom is -0.356 e. The van der Waals surface area contributed by atoms with Gasteiger partial charge in [-0.3, -0.25) is 9.79 Å². The summed E-state index contributed by atoms with van der Waals surface area (Å²) < 4.78 is 13.1. The van der Waals surface area contributed by atoms with Gasteiger partial charge in [0.05, 0.1) is 6.42 Å². The van der Waals surface area contributed by atoms with Crippen LogP contribution in [0.25, 0.3) is 0 Å². The molecule has 0 saturated heterocycles. The van der Waals surface area contributed by atoms with Crippen molar-refractivity contribution in [3.8, 4) is 0 Å². The van der Waals surface area contributed by atoms with E-state index in [0.29, 0.717) is 24.6 Å². The first-order chi connectivity index (χ1) is 11.6. The lowest BCUT2D eigenvalue weighted by Gasteiger charge is -2.16. The molecule has 0 unspecified atom stereocenters. The summed E-state index contributed by atoms with van der Waals surface area (Å²) in [6, 6.07) is 6.09. The lowest BCUT2D eigenvalue weighted by molar-refractivity contribution is -0.120. The van der Waals surface area contributed by atoms with Crippen LogP contribution in [0.3, 0.4) is 0 Å². The average molecular weight is 464 g/mol. The quantitative estimate of drug-likeness (QED) is 0.228. The topological polar surface area (TPSA) is 65.5 Å². The molecule has 1 aromatic rings. The van der Waals surface area contributed by atoms with Crippen molar-refractivity contribution in [2.75, 3.05) is 26.7 Å². The summed E-state index contributed by atoms with van der Waals surface area (Å²) in [6.45, 7) is 6.32. The van der Waals surface area contributed by atoms with Crippen molar-refractivity contribution < 1.29 is 9.18 Å². The lowest BCUT2D eigenvalue weighted by Crippen LogP contribution is -2.43. The molecule has 1 rings (SSSR count). The summed E-state index contributed by atoms with van der Waals surface area (Å²) in [5.41, 5.74) is 0.670. The Kier molecular flexibility index (Phi) is 13.1. The van der Waals surface area contributed by atoms with Gasteiger partial charge in [0.25, 0.3) is 0 Å². The first kappa shape index (κ1) is 23.6. The zero-order valence-electron chi connectivity index (χ0n) is 15.3. The molecule has 0 atom stereocenters. The molecule has 0 aromatic heterocycles. The van der Waals surface area contributed by atoms with E-state index in [1.807, 2.05) is 0 Å². The van der Waals surface area contributed by atoms with Gasteiger partial charge in [-0.05, 0) is 23.6 Å². The van der Waals surface area contributed by atoms with Crippen molar-refractivity contribution in [2.24, 2.45) is 10.9 Å². The molecule has 1 amide bonds. The van der Waals surface area contributed by atoms with Crippen molar-refractivity contribution in [2.45, 2.75) is 33.1 Å². The van der Waals surface area contributed by atoms with Crippen molar-refractivity contribution in [3.05, 3.63) is 35.6 Å². The molecular weight excluding hydrogens is 434 g/mol. The third-order valence-electron chi connectivity index (χ3n) is 3.93. The van der Waals surface area contributed by atoms with Crippen molar-refractivity contribution in [1.82, 2.24) is 16.0 Å². The summed E-state index contributed by atoms with van der Waals surface area (Å²) >= 11 is 0. The van der Waals surface area contributed by atoms with E-state index >= 15 is 0 Å². The van der Waals surface area contributed by atoms with Crippen LogP contribution in [0, 0.1) is 11.7 Å². The Hall–Kier alpha value is -1.38. The second-order valence-corrected chi connectivity index (χ2v) is 5.72. The van der Waals surface area contributed by atoms with Crippen LogP contribution in [0.1, 0.15) is 32.3 Å². The molecule has 5 nitrogen and oxygen atoms in total. The van der Waals surface area contributed by atoms with E-state index in [1.165, 1.54) is 12.1 Å². The minimum atomic E-state index is -0.325. The molecule has 25 heavy (non-hydrogen) atoms. The maximum atomic E-state index is 13.1. The Morgan fingerprint density at radius 1 is 1.16 bits per heavy atom. The number of carbonyl (C=O) groups is 1. The Morgan fingerprint density at radius 2 is 1.84 bits per heavy atom. The fourth-order valence-corrected chi connectivity index (χ4v) is 2.32. The van der Waals surface area contributed by atoms with Gasteiger partial charge < -0.3 is 16.0 Å². The Labute approximate surface area is 167 Å². The van der Waals surface area contributed by atoms with Crippen LogP contribution in [-0.2, 0) is 11.2 Å². The predicted molar refractivity (Wildman–Crippen MR) is 112 cm³/mol. The van der Waals surface area contributed by atoms with Crippen LogP contribution < -0.4 is 16.0 Å². The maximum absolute atomic E-state index is 13.1. The number of rotatable bonds is 9. The number of carbonyl (C=O) groups excluding carboxylic acids is 1. The van der Waals surface area contributed by atoms with Crippen LogP contribution in [0.2, 0.25) is 0 Å². The monoisotopic (exact) mass is 464 g/mol. The summed E-state index contributed by atoms with van der Waals surface area (Å²) in [4.78, 5) is 16.0. The highest BCUT2D eigenvalue weighted by atomic mass is 127. The van der Waals surface area contributed by atoms with Crippen molar-refractivity contribution >= 4 is 35.8 Å². The zero-order valence-corrected chi connectivity index (χ0v) is 17.6. The Bertz CT molecular complexity index is 536. The number of benzene rings is 1. The van der Waals surface area contributed by atoms with E-state index in [0.717, 1.165) is 25.3 Å². The van der Waals surface area contributed by atoms with E-state index in [-0.39, 0.29) is 42.1 Å². The molecule has 0 aliphatic rings. The molecule has 0 heterocycles. The normalized spacial score (nSPS) is 11.0. The van der Waals surface area contributed by atoms with E-state index in [4.69, 9.17) is 0 Å². The third kappa shape index (κ3) is 10.3. The highest BCUT2D eigenvalue weighted by molar-refractivity contribution is 14.0. The van der Waals surface area contributed by atoms with Crippen LogP contribution in [0.15, 0.2) is 29.3 Å². The Balaban J connectivity index is 0.00000576. The zero-order chi connectivity index (χ0) is 17.8. The van der Waals surface area contributed by atoms with Gasteiger partial charge in [0, 0.05) is 26.7 Å². The lowest BCUT2D eigenvalue weighted by atomic mass is 10.0. The van der Waals surface area contributed by atoms with Crippen LogP contribution in [-0.4, -0.2) is 38.5 Å². The second kappa shape index (κ2) is 13.9. The third-order valence-corrected chi connectivity index (χ3v) is 3.93. The minimum absolute atomic E-state index is 0. The van der Waals surface area contributed by atoms with Crippen LogP contribution in [0.4, 0.5) is 4.39 Å². The molecule has 7 heteroatoms. The number of hydrogen-bond donors (Lipinski definition) is 3. The van der Waals surface area contributed by atoms with Crippen LogP contribution >= 0.6 is 24.0 Å². The number of aliphatic imine (C=N–C) groups is 1. The summed E-state index contributed by atoms with van der Waals surface area (Å²) in [5, 5.41) is 9.27. The van der Waals surface area contributed by atoms with Gasteiger partial charge in [0.2, 0.25) is 5.91 Å². The molecule has 0 aliphatic carbocycles. The molecule has 0 radical (unpaired) electrons. The number of guanidine groups is 1. The van der Waals surface area contributed by atoms with Crippen molar-refractivity contribution in [1.29, 1.82) is 0 Å². The summed E-state index contributed by atoms with van der Waals surface area (Å²) in [6.07, 6.45) is 2.45. The highest BCUT2D eigenvalue weighted by Gasteiger charge is 2.06. The van der Waals surface area contributed by atoms with Gasteiger partial charge in [-0.2, -0.15) is 0 Å². The number of nitrogens with one attached hydrogen (secondary N) is 3. The van der Waals surface area contributed by atoms with E-state index in [2.05, 4.69) is 34.8 Å². The summed E-state index contributed by atoms with van der Waals surface area (Å²) in [7, 11) is 1.73. The SMILES string of the molecule is CCC(CC)CNC(=NC)NCCNC(=O)Cc1cccc(F)c1.I. The smallest absolute Gasteiger partial charge is 0.224 e.